The largest absolute Gasteiger partial charge is 0.481 e. The van der Waals surface area contributed by atoms with E-state index in [0.29, 0.717) is 0 Å². The number of alkyl halides is 3. The van der Waals surface area contributed by atoms with Gasteiger partial charge < -0.3 is 5.11 Å². The second-order valence-electron chi connectivity index (χ2n) is 4.67. The van der Waals surface area contributed by atoms with Gasteiger partial charge in [-0.3, -0.25) is 9.69 Å². The fourth-order valence-electron chi connectivity index (χ4n) is 1.27. The van der Waals surface area contributed by atoms with E-state index in [4.69, 9.17) is 5.11 Å². The number of carboxylic acids is 1. The summed E-state index contributed by atoms with van der Waals surface area (Å²) >= 11 is 0. The third-order valence-electron chi connectivity index (χ3n) is 2.21. The maximum Gasteiger partial charge on any atom is 0.390 e. The first-order valence-electron chi connectivity index (χ1n) is 5.06. The summed E-state index contributed by atoms with van der Waals surface area (Å²) in [5, 5.41) is 8.51. The fourth-order valence-corrected chi connectivity index (χ4v) is 1.27. The van der Waals surface area contributed by atoms with Crippen LogP contribution in [0.4, 0.5) is 13.2 Å². The number of carboxylic acid groups (broad SMARTS) is 1. The molecule has 0 radical (unpaired) electrons. The van der Waals surface area contributed by atoms with Gasteiger partial charge in [0.2, 0.25) is 0 Å². The van der Waals surface area contributed by atoms with Gasteiger partial charge in [-0.15, -0.1) is 0 Å². The summed E-state index contributed by atoms with van der Waals surface area (Å²) in [6.07, 6.45) is -5.26. The maximum atomic E-state index is 12.1. The zero-order valence-corrected chi connectivity index (χ0v) is 9.76. The van der Waals surface area contributed by atoms with E-state index in [1.54, 1.807) is 20.8 Å². The summed E-state index contributed by atoms with van der Waals surface area (Å²) in [6, 6.07) is 0. The molecule has 16 heavy (non-hydrogen) atoms. The molecule has 0 aromatic rings. The van der Waals surface area contributed by atoms with E-state index in [9.17, 15) is 18.0 Å². The van der Waals surface area contributed by atoms with Crippen molar-refractivity contribution in [1.82, 2.24) is 4.90 Å². The molecule has 0 aliphatic heterocycles. The molecular weight excluding hydrogens is 223 g/mol. The average Bonchev–Trinajstić information content (AvgIpc) is 1.98. The van der Waals surface area contributed by atoms with Crippen LogP contribution in [0.1, 0.15) is 33.6 Å². The van der Waals surface area contributed by atoms with Gasteiger partial charge in [-0.25, -0.2) is 0 Å². The highest BCUT2D eigenvalue weighted by Gasteiger charge is 2.30. The molecule has 0 rings (SSSR count). The smallest absolute Gasteiger partial charge is 0.390 e. The molecule has 0 saturated heterocycles. The van der Waals surface area contributed by atoms with E-state index < -0.39 is 24.1 Å². The first kappa shape index (κ1) is 15.2. The molecule has 0 fully saturated rings. The monoisotopic (exact) mass is 241 g/mol. The predicted molar refractivity (Wildman–Crippen MR) is 54.3 cm³/mol. The van der Waals surface area contributed by atoms with Crippen LogP contribution >= 0.6 is 0 Å². The van der Waals surface area contributed by atoms with Gasteiger partial charge in [-0.05, 0) is 20.8 Å². The quantitative estimate of drug-likeness (QED) is 0.804. The number of aliphatic carboxylic acids is 1. The summed E-state index contributed by atoms with van der Waals surface area (Å²) in [4.78, 5) is 11.9. The van der Waals surface area contributed by atoms with Crippen molar-refractivity contribution in [1.29, 1.82) is 0 Å². The summed E-state index contributed by atoms with van der Waals surface area (Å²) in [7, 11) is 0. The summed E-state index contributed by atoms with van der Waals surface area (Å²) in [5.41, 5.74) is -0.458. The van der Waals surface area contributed by atoms with Crippen LogP contribution < -0.4 is 0 Å². The highest BCUT2D eigenvalue weighted by molar-refractivity contribution is 5.66. The third-order valence-corrected chi connectivity index (χ3v) is 2.21. The Balaban J connectivity index is 4.28. The van der Waals surface area contributed by atoms with Crippen molar-refractivity contribution in [2.75, 3.05) is 13.1 Å². The second kappa shape index (κ2) is 5.52. The van der Waals surface area contributed by atoms with Crippen molar-refractivity contribution < 1.29 is 23.1 Å². The Morgan fingerprint density at radius 1 is 1.19 bits per heavy atom. The highest BCUT2D eigenvalue weighted by atomic mass is 19.4. The number of nitrogens with zero attached hydrogens (tertiary/aromatic N) is 1. The molecule has 0 aromatic carbocycles. The van der Waals surface area contributed by atoms with Gasteiger partial charge in [-0.2, -0.15) is 13.2 Å². The number of hydrogen-bond acceptors (Lipinski definition) is 2. The summed E-state index contributed by atoms with van der Waals surface area (Å²) in [5.74, 6) is -0.999. The van der Waals surface area contributed by atoms with Crippen LogP contribution in [-0.2, 0) is 4.79 Å². The molecule has 0 bridgehead atoms. The van der Waals surface area contributed by atoms with Crippen molar-refractivity contribution in [2.24, 2.45) is 0 Å². The molecule has 0 aliphatic rings. The second-order valence-corrected chi connectivity index (χ2v) is 4.67. The van der Waals surface area contributed by atoms with Crippen molar-refractivity contribution in [3.63, 3.8) is 0 Å². The van der Waals surface area contributed by atoms with Gasteiger partial charge in [0.1, 0.15) is 0 Å². The summed E-state index contributed by atoms with van der Waals surface area (Å²) in [6.45, 7) is 5.27. The van der Waals surface area contributed by atoms with Gasteiger partial charge in [0.05, 0.1) is 12.8 Å². The number of rotatable bonds is 5. The lowest BCUT2D eigenvalue weighted by Gasteiger charge is -2.35. The van der Waals surface area contributed by atoms with Crippen LogP contribution in [0.15, 0.2) is 0 Å². The lowest BCUT2D eigenvalue weighted by Crippen LogP contribution is -2.44. The lowest BCUT2D eigenvalue weighted by atomic mass is 10.1. The summed E-state index contributed by atoms with van der Waals surface area (Å²) < 4.78 is 36.2. The molecule has 96 valence electrons. The van der Waals surface area contributed by atoms with Gasteiger partial charge in [-0.1, -0.05) is 0 Å². The zero-order valence-electron chi connectivity index (χ0n) is 9.76. The van der Waals surface area contributed by atoms with Crippen LogP contribution in [0, 0.1) is 0 Å². The SMILES string of the molecule is CC(C)(C)N(CCC(=O)O)CCC(F)(F)F. The van der Waals surface area contributed by atoms with Crippen molar-refractivity contribution in [2.45, 2.75) is 45.3 Å². The first-order valence-corrected chi connectivity index (χ1v) is 5.06. The fraction of sp³-hybridized carbons (Fsp3) is 0.900. The van der Waals surface area contributed by atoms with Crippen LogP contribution in [-0.4, -0.2) is 40.8 Å². The molecule has 3 nitrogen and oxygen atoms in total. The minimum atomic E-state index is -4.20. The van der Waals surface area contributed by atoms with Gasteiger partial charge >= 0.3 is 12.1 Å². The van der Waals surface area contributed by atoms with Crippen molar-refractivity contribution in [3.05, 3.63) is 0 Å². The van der Waals surface area contributed by atoms with Crippen LogP contribution in [0.5, 0.6) is 0 Å². The molecule has 0 amide bonds. The zero-order chi connectivity index (χ0) is 13.0. The minimum Gasteiger partial charge on any atom is -0.481 e. The molecule has 0 aromatic heterocycles. The predicted octanol–water partition coefficient (Wildman–Crippen LogP) is 2.51. The van der Waals surface area contributed by atoms with E-state index >= 15 is 0 Å². The molecular formula is C10H18F3NO2. The van der Waals surface area contributed by atoms with Crippen LogP contribution in [0.2, 0.25) is 0 Å². The maximum absolute atomic E-state index is 12.1. The van der Waals surface area contributed by atoms with E-state index in [1.807, 2.05) is 0 Å². The Morgan fingerprint density at radius 3 is 2.00 bits per heavy atom. The first-order chi connectivity index (χ1) is 7.02. The molecule has 0 spiro atoms. The number of hydrogen-bond donors (Lipinski definition) is 1. The van der Waals surface area contributed by atoms with Crippen LogP contribution in [0.25, 0.3) is 0 Å². The van der Waals surface area contributed by atoms with E-state index in [1.165, 1.54) is 4.90 Å². The molecule has 0 saturated carbocycles. The van der Waals surface area contributed by atoms with E-state index in [-0.39, 0.29) is 19.5 Å². The molecule has 1 N–H and O–H groups in total. The Hall–Kier alpha value is -0.780. The Kier molecular flexibility index (Phi) is 5.25. The number of halogens is 3. The minimum absolute atomic E-state index is 0.134. The normalized spacial score (nSPS) is 13.2. The average molecular weight is 241 g/mol. The van der Waals surface area contributed by atoms with Gasteiger partial charge in [0.15, 0.2) is 0 Å². The standard InChI is InChI=1S/C10H18F3NO2/c1-9(2,3)14(6-4-8(15)16)7-5-10(11,12)13/h4-7H2,1-3H3,(H,15,16). The Morgan fingerprint density at radius 2 is 1.69 bits per heavy atom. The van der Waals surface area contributed by atoms with Gasteiger partial charge in [0, 0.05) is 18.6 Å². The van der Waals surface area contributed by atoms with E-state index in [2.05, 4.69) is 0 Å². The van der Waals surface area contributed by atoms with Crippen molar-refractivity contribution in [3.8, 4) is 0 Å². The lowest BCUT2D eigenvalue weighted by molar-refractivity contribution is -0.142. The molecule has 0 atom stereocenters. The van der Waals surface area contributed by atoms with Gasteiger partial charge in [0.25, 0.3) is 0 Å². The third kappa shape index (κ3) is 7.50. The van der Waals surface area contributed by atoms with E-state index in [0.717, 1.165) is 0 Å². The number of carbonyl (C=O) groups is 1. The Bertz CT molecular complexity index is 233. The molecule has 0 heterocycles. The molecule has 6 heteroatoms. The molecule has 0 unspecified atom stereocenters. The highest BCUT2D eigenvalue weighted by Crippen LogP contribution is 2.22. The van der Waals surface area contributed by atoms with Crippen LogP contribution in [0.3, 0.4) is 0 Å². The van der Waals surface area contributed by atoms with Crippen molar-refractivity contribution >= 4 is 5.97 Å². The topological polar surface area (TPSA) is 40.5 Å². The molecule has 0 aliphatic carbocycles. The Labute approximate surface area is 93.2 Å².